The molecule has 148 valence electrons. The fourth-order valence-electron chi connectivity index (χ4n) is 2.78. The number of hydrogen-bond donors (Lipinski definition) is 1. The molecule has 1 amide bonds. The molecule has 0 bridgehead atoms. The average Bonchev–Trinajstić information content (AvgIpc) is 3.38. The number of hydrogen-bond acceptors (Lipinski definition) is 4. The molecule has 1 aromatic rings. The van der Waals surface area contributed by atoms with Crippen LogP contribution in [0.4, 0.5) is 13.2 Å². The molecule has 1 saturated carbocycles. The number of sulfonamides is 1. The zero-order valence-electron chi connectivity index (χ0n) is 14.3. The molecule has 3 rings (SSSR count). The Hall–Kier alpha value is -2.07. The minimum atomic E-state index is -4.83. The minimum Gasteiger partial charge on any atom is -0.406 e. The van der Waals surface area contributed by atoms with Crippen LogP contribution < -0.4 is 10.1 Å². The van der Waals surface area contributed by atoms with Gasteiger partial charge in [0.05, 0.1) is 4.90 Å². The predicted molar refractivity (Wildman–Crippen MR) is 90.4 cm³/mol. The fraction of sp³-hybridized carbons (Fsp3) is 0.471. The normalized spacial score (nSPS) is 18.9. The van der Waals surface area contributed by atoms with E-state index in [1.54, 1.807) is 0 Å². The summed E-state index contributed by atoms with van der Waals surface area (Å²) < 4.78 is 66.8. The Kier molecular flexibility index (Phi) is 5.48. The van der Waals surface area contributed by atoms with Crippen molar-refractivity contribution in [2.45, 2.75) is 43.0 Å². The molecule has 0 spiro atoms. The Labute approximate surface area is 155 Å². The van der Waals surface area contributed by atoms with Crippen LogP contribution in [0.15, 0.2) is 40.8 Å². The molecule has 0 radical (unpaired) electrons. The number of alkyl halides is 3. The molecule has 1 saturated heterocycles. The number of nitrogens with one attached hydrogen (secondary N) is 1. The van der Waals surface area contributed by atoms with Crippen LogP contribution in [-0.2, 0) is 14.8 Å². The van der Waals surface area contributed by atoms with Crippen molar-refractivity contribution in [2.75, 3.05) is 13.1 Å². The lowest BCUT2D eigenvalue weighted by Crippen LogP contribution is -2.36. The van der Waals surface area contributed by atoms with E-state index in [1.807, 2.05) is 0 Å². The maximum absolute atomic E-state index is 12.6. The predicted octanol–water partition coefficient (Wildman–Crippen LogP) is 2.57. The largest absolute Gasteiger partial charge is 0.573 e. The van der Waals surface area contributed by atoms with E-state index in [-0.39, 0.29) is 29.9 Å². The second kappa shape index (κ2) is 7.51. The Balaban J connectivity index is 1.60. The molecule has 0 unspecified atom stereocenters. The molecule has 1 heterocycles. The van der Waals surface area contributed by atoms with Crippen molar-refractivity contribution in [3.05, 3.63) is 35.9 Å². The molecule has 2 fully saturated rings. The first kappa shape index (κ1) is 19.7. The number of nitrogens with zero attached hydrogens (tertiary/aromatic N) is 1. The van der Waals surface area contributed by atoms with Crippen LogP contribution >= 0.6 is 0 Å². The highest BCUT2D eigenvalue weighted by Gasteiger charge is 2.32. The number of carbonyl (C=O) groups excluding carboxylic acids is 1. The van der Waals surface area contributed by atoms with Crippen molar-refractivity contribution in [1.82, 2.24) is 9.62 Å². The molecular weight excluding hydrogens is 385 g/mol. The van der Waals surface area contributed by atoms with E-state index in [2.05, 4.69) is 10.1 Å². The Morgan fingerprint density at radius 1 is 1.15 bits per heavy atom. The zero-order valence-corrected chi connectivity index (χ0v) is 15.1. The van der Waals surface area contributed by atoms with Crippen LogP contribution in [0.3, 0.4) is 0 Å². The molecule has 2 aliphatic rings. The van der Waals surface area contributed by atoms with Crippen LogP contribution in [0.1, 0.15) is 25.7 Å². The van der Waals surface area contributed by atoms with Crippen molar-refractivity contribution in [3.63, 3.8) is 0 Å². The third-order valence-corrected chi connectivity index (χ3v) is 6.23. The number of rotatable bonds is 5. The van der Waals surface area contributed by atoms with Gasteiger partial charge < -0.3 is 10.1 Å². The highest BCUT2D eigenvalue weighted by molar-refractivity contribution is 7.89. The monoisotopic (exact) mass is 404 g/mol. The van der Waals surface area contributed by atoms with Crippen molar-refractivity contribution in [2.24, 2.45) is 0 Å². The van der Waals surface area contributed by atoms with Crippen LogP contribution in [0.5, 0.6) is 5.75 Å². The van der Waals surface area contributed by atoms with Crippen LogP contribution in [0.2, 0.25) is 0 Å². The number of carbonyl (C=O) groups is 1. The van der Waals surface area contributed by atoms with E-state index in [4.69, 9.17) is 0 Å². The van der Waals surface area contributed by atoms with Gasteiger partial charge in [0.25, 0.3) is 0 Å². The van der Waals surface area contributed by atoms with Gasteiger partial charge in [-0.25, -0.2) is 8.42 Å². The molecule has 1 N–H and O–H groups in total. The molecule has 1 aliphatic heterocycles. The number of benzene rings is 1. The van der Waals surface area contributed by atoms with Gasteiger partial charge in [-0.05, 0) is 49.9 Å². The van der Waals surface area contributed by atoms with E-state index in [0.29, 0.717) is 12.8 Å². The van der Waals surface area contributed by atoms with Crippen molar-refractivity contribution in [1.29, 1.82) is 0 Å². The second-order valence-electron chi connectivity index (χ2n) is 6.51. The van der Waals surface area contributed by atoms with Crippen molar-refractivity contribution >= 4 is 15.9 Å². The van der Waals surface area contributed by atoms with Crippen molar-refractivity contribution < 1.29 is 31.1 Å². The number of piperidine rings is 1. The standard InChI is InChI=1S/C17H19F3N2O4S/c18-17(19,20)26-14-3-5-15(6-4-14)27(24,25)22-9-7-12(8-10-22)11-16(23)21-13-1-2-13/h3-6,11,13H,1-2,7-10H2,(H,21,23). The molecule has 1 aromatic carbocycles. The van der Waals surface area contributed by atoms with Gasteiger partial charge in [0.1, 0.15) is 5.75 Å². The lowest BCUT2D eigenvalue weighted by Gasteiger charge is -2.27. The van der Waals surface area contributed by atoms with Gasteiger partial charge in [0.2, 0.25) is 15.9 Å². The molecule has 6 nitrogen and oxygen atoms in total. The smallest absolute Gasteiger partial charge is 0.406 e. The summed E-state index contributed by atoms with van der Waals surface area (Å²) in [5.41, 5.74) is 0.883. The zero-order chi connectivity index (χ0) is 19.7. The van der Waals surface area contributed by atoms with Gasteiger partial charge in [0.15, 0.2) is 0 Å². The molecule has 27 heavy (non-hydrogen) atoms. The third kappa shape index (κ3) is 5.46. The lowest BCUT2D eigenvalue weighted by atomic mass is 10.1. The fourth-order valence-corrected chi connectivity index (χ4v) is 4.22. The summed E-state index contributed by atoms with van der Waals surface area (Å²) in [6.07, 6.45) is -0.437. The minimum absolute atomic E-state index is 0.101. The lowest BCUT2D eigenvalue weighted by molar-refractivity contribution is -0.274. The van der Waals surface area contributed by atoms with Crippen LogP contribution in [0, 0.1) is 0 Å². The van der Waals surface area contributed by atoms with Crippen molar-refractivity contribution in [3.8, 4) is 5.75 Å². The molecule has 10 heteroatoms. The van der Waals surface area contributed by atoms with Gasteiger partial charge in [-0.2, -0.15) is 4.31 Å². The molecule has 1 aliphatic carbocycles. The highest BCUT2D eigenvalue weighted by atomic mass is 32.2. The Bertz CT molecular complexity index is 821. The first-order chi connectivity index (χ1) is 12.6. The summed E-state index contributed by atoms with van der Waals surface area (Å²) in [5, 5.41) is 2.85. The molecule has 0 aromatic heterocycles. The van der Waals surface area contributed by atoms with Gasteiger partial charge in [0, 0.05) is 25.2 Å². The quantitative estimate of drug-likeness (QED) is 0.766. The van der Waals surface area contributed by atoms with E-state index in [9.17, 15) is 26.4 Å². The first-order valence-electron chi connectivity index (χ1n) is 8.49. The summed E-state index contributed by atoms with van der Waals surface area (Å²) in [5.74, 6) is -0.629. The number of ether oxygens (including phenoxy) is 1. The Morgan fingerprint density at radius 2 is 1.74 bits per heavy atom. The van der Waals surface area contributed by atoms with Gasteiger partial charge in [-0.3, -0.25) is 4.79 Å². The second-order valence-corrected chi connectivity index (χ2v) is 8.45. The highest BCUT2D eigenvalue weighted by Crippen LogP contribution is 2.27. The van der Waals surface area contributed by atoms with E-state index in [0.717, 1.165) is 42.7 Å². The van der Waals surface area contributed by atoms with Crippen LogP contribution in [0.25, 0.3) is 0 Å². The summed E-state index contributed by atoms with van der Waals surface area (Å²) in [6, 6.07) is 4.38. The van der Waals surface area contributed by atoms with Gasteiger partial charge >= 0.3 is 6.36 Å². The first-order valence-corrected chi connectivity index (χ1v) is 9.93. The third-order valence-electron chi connectivity index (χ3n) is 4.32. The maximum Gasteiger partial charge on any atom is 0.573 e. The van der Waals surface area contributed by atoms with E-state index < -0.39 is 22.1 Å². The summed E-state index contributed by atoms with van der Waals surface area (Å²) in [7, 11) is -3.81. The van der Waals surface area contributed by atoms with E-state index >= 15 is 0 Å². The summed E-state index contributed by atoms with van der Waals surface area (Å²) in [4.78, 5) is 11.7. The van der Waals surface area contributed by atoms with E-state index in [1.165, 1.54) is 10.4 Å². The topological polar surface area (TPSA) is 75.7 Å². The Morgan fingerprint density at radius 3 is 2.26 bits per heavy atom. The SMILES string of the molecule is O=C(C=C1CCN(S(=O)(=O)c2ccc(OC(F)(F)F)cc2)CC1)NC1CC1. The molecular formula is C17H19F3N2O4S. The van der Waals surface area contributed by atoms with Crippen LogP contribution in [-0.4, -0.2) is 44.1 Å². The molecule has 0 atom stereocenters. The average molecular weight is 404 g/mol. The number of amides is 1. The summed E-state index contributed by atoms with van der Waals surface area (Å²) in [6.45, 7) is 0.428. The van der Waals surface area contributed by atoms with Gasteiger partial charge in [-0.15, -0.1) is 13.2 Å². The van der Waals surface area contributed by atoms with Gasteiger partial charge in [-0.1, -0.05) is 5.57 Å². The maximum atomic E-state index is 12.6. The summed E-state index contributed by atoms with van der Waals surface area (Å²) >= 11 is 0. The number of halogens is 3.